The highest BCUT2D eigenvalue weighted by Crippen LogP contribution is 2.40. The third kappa shape index (κ3) is 3.02. The molecule has 1 aliphatic heterocycles. The average molecular weight is 286 g/mol. The van der Waals surface area contributed by atoms with Gasteiger partial charge in [0.1, 0.15) is 0 Å². The quantitative estimate of drug-likeness (QED) is 0.904. The Labute approximate surface area is 129 Å². The van der Waals surface area contributed by atoms with Crippen LogP contribution in [0, 0.1) is 5.92 Å². The lowest BCUT2D eigenvalue weighted by molar-refractivity contribution is 0.135. The molecule has 2 N–H and O–H groups in total. The van der Waals surface area contributed by atoms with Crippen molar-refractivity contribution in [2.45, 2.75) is 64.0 Å². The second kappa shape index (κ2) is 6.50. The third-order valence-corrected chi connectivity index (χ3v) is 5.66. The summed E-state index contributed by atoms with van der Waals surface area (Å²) < 4.78 is 0. The summed E-state index contributed by atoms with van der Waals surface area (Å²) in [6.07, 6.45) is 7.04. The molecule has 1 heterocycles. The smallest absolute Gasteiger partial charge is 0.0473 e. The first-order chi connectivity index (χ1) is 10.2. The summed E-state index contributed by atoms with van der Waals surface area (Å²) >= 11 is 0. The van der Waals surface area contributed by atoms with Gasteiger partial charge in [0.2, 0.25) is 0 Å². The molecule has 3 rings (SSSR count). The van der Waals surface area contributed by atoms with Gasteiger partial charge in [-0.25, -0.2) is 0 Å². The topological polar surface area (TPSA) is 29.3 Å². The van der Waals surface area contributed by atoms with Gasteiger partial charge in [-0.3, -0.25) is 4.90 Å². The number of nitrogens with two attached hydrogens (primary N) is 1. The fraction of sp³-hybridized carbons (Fsp3) is 0.684. The Hall–Kier alpha value is -0.860. The molecule has 1 aromatic rings. The normalized spacial score (nSPS) is 27.8. The molecule has 0 bridgehead atoms. The predicted octanol–water partition coefficient (Wildman–Crippen LogP) is 4.07. The Morgan fingerprint density at radius 1 is 1.05 bits per heavy atom. The molecule has 2 heteroatoms. The summed E-state index contributed by atoms with van der Waals surface area (Å²) in [5.74, 6) is 1.53. The van der Waals surface area contributed by atoms with Crippen LogP contribution >= 0.6 is 0 Å². The van der Waals surface area contributed by atoms with Gasteiger partial charge in [0.15, 0.2) is 0 Å². The first kappa shape index (κ1) is 15.1. The second-order valence-corrected chi connectivity index (χ2v) is 7.21. The Morgan fingerprint density at radius 2 is 1.71 bits per heavy atom. The van der Waals surface area contributed by atoms with Gasteiger partial charge >= 0.3 is 0 Å². The van der Waals surface area contributed by atoms with Crippen molar-refractivity contribution in [3.05, 3.63) is 35.4 Å². The van der Waals surface area contributed by atoms with Gasteiger partial charge < -0.3 is 5.73 Å². The molecule has 0 amide bonds. The summed E-state index contributed by atoms with van der Waals surface area (Å²) in [4.78, 5) is 2.72. The number of hydrogen-bond acceptors (Lipinski definition) is 2. The Morgan fingerprint density at radius 3 is 2.38 bits per heavy atom. The van der Waals surface area contributed by atoms with Gasteiger partial charge in [0.25, 0.3) is 0 Å². The van der Waals surface area contributed by atoms with Crippen molar-refractivity contribution in [3.63, 3.8) is 0 Å². The zero-order valence-electron chi connectivity index (χ0n) is 13.6. The van der Waals surface area contributed by atoms with E-state index >= 15 is 0 Å². The van der Waals surface area contributed by atoms with E-state index in [9.17, 15) is 0 Å². The van der Waals surface area contributed by atoms with Crippen LogP contribution in [0.4, 0.5) is 0 Å². The molecular formula is C19H30N2. The Bertz CT molecular complexity index is 451. The zero-order chi connectivity index (χ0) is 14.8. The largest absolute Gasteiger partial charge is 0.329 e. The Balaban J connectivity index is 1.78. The first-order valence-electron chi connectivity index (χ1n) is 8.76. The van der Waals surface area contributed by atoms with Crippen LogP contribution in [0.15, 0.2) is 24.3 Å². The lowest BCUT2D eigenvalue weighted by Crippen LogP contribution is -2.40. The summed E-state index contributed by atoms with van der Waals surface area (Å²) in [5.41, 5.74) is 9.00. The predicted molar refractivity (Wildman–Crippen MR) is 89.4 cm³/mol. The van der Waals surface area contributed by atoms with Gasteiger partial charge in [-0.1, -0.05) is 51.0 Å². The summed E-state index contributed by atoms with van der Waals surface area (Å²) in [7, 11) is 0. The highest BCUT2D eigenvalue weighted by atomic mass is 15.2. The highest BCUT2D eigenvalue weighted by molar-refractivity contribution is 5.27. The number of benzene rings is 1. The van der Waals surface area contributed by atoms with Crippen molar-refractivity contribution in [3.8, 4) is 0 Å². The van der Waals surface area contributed by atoms with Crippen LogP contribution in [0.2, 0.25) is 0 Å². The molecule has 0 radical (unpaired) electrons. The number of fused-ring (bicyclic) bond motifs is 1. The lowest BCUT2D eigenvalue weighted by atomic mass is 9.84. The van der Waals surface area contributed by atoms with Gasteiger partial charge in [0, 0.05) is 18.6 Å². The van der Waals surface area contributed by atoms with Crippen LogP contribution in [0.25, 0.3) is 0 Å². The first-order valence-corrected chi connectivity index (χ1v) is 8.76. The fourth-order valence-electron chi connectivity index (χ4n) is 4.40. The summed E-state index contributed by atoms with van der Waals surface area (Å²) in [6.45, 7) is 6.48. The third-order valence-electron chi connectivity index (χ3n) is 5.66. The van der Waals surface area contributed by atoms with E-state index in [1.807, 2.05) is 0 Å². The van der Waals surface area contributed by atoms with Crippen molar-refractivity contribution < 1.29 is 0 Å². The molecule has 1 aromatic carbocycles. The lowest BCUT2D eigenvalue weighted by Gasteiger charge is -2.37. The van der Waals surface area contributed by atoms with Crippen molar-refractivity contribution >= 4 is 0 Å². The Kier molecular flexibility index (Phi) is 4.66. The molecule has 2 nitrogen and oxygen atoms in total. The van der Waals surface area contributed by atoms with Crippen molar-refractivity contribution in [2.75, 3.05) is 13.1 Å². The summed E-state index contributed by atoms with van der Waals surface area (Å²) in [6, 6.07) is 10.4. The van der Waals surface area contributed by atoms with E-state index in [1.165, 1.54) is 49.8 Å². The van der Waals surface area contributed by atoms with Crippen LogP contribution in [-0.4, -0.2) is 24.0 Å². The molecule has 3 unspecified atom stereocenters. The minimum Gasteiger partial charge on any atom is -0.329 e. The van der Waals surface area contributed by atoms with Gasteiger partial charge in [-0.05, 0) is 48.8 Å². The second-order valence-electron chi connectivity index (χ2n) is 7.21. The minimum absolute atomic E-state index is 0.416. The van der Waals surface area contributed by atoms with E-state index in [4.69, 9.17) is 5.73 Å². The average Bonchev–Trinajstić information content (AvgIpc) is 2.93. The highest BCUT2D eigenvalue weighted by Gasteiger charge is 2.38. The molecule has 1 saturated heterocycles. The maximum absolute atomic E-state index is 6.16. The molecule has 0 spiro atoms. The SMILES string of the molecule is CC(C)c1ccc(C(CN)N2CCC3CCCCC32)cc1. The molecule has 2 fully saturated rings. The van der Waals surface area contributed by atoms with Crippen LogP contribution in [0.1, 0.15) is 69.0 Å². The number of nitrogens with zero attached hydrogens (tertiary/aromatic N) is 1. The molecule has 2 aliphatic rings. The number of hydrogen-bond donors (Lipinski definition) is 1. The monoisotopic (exact) mass is 286 g/mol. The maximum atomic E-state index is 6.16. The number of likely N-dealkylation sites (tertiary alicyclic amines) is 1. The standard InChI is InChI=1S/C19H30N2/c1-14(2)15-7-9-17(10-8-15)19(13-20)21-12-11-16-5-3-4-6-18(16)21/h7-10,14,16,18-19H,3-6,11-13,20H2,1-2H3. The molecule has 21 heavy (non-hydrogen) atoms. The van der Waals surface area contributed by atoms with Gasteiger partial charge in [-0.2, -0.15) is 0 Å². The van der Waals surface area contributed by atoms with Crippen molar-refractivity contribution in [1.29, 1.82) is 0 Å². The van der Waals surface area contributed by atoms with E-state index in [0.717, 1.165) is 18.5 Å². The zero-order valence-corrected chi connectivity index (χ0v) is 13.6. The van der Waals surface area contributed by atoms with Crippen LogP contribution < -0.4 is 5.73 Å². The van der Waals surface area contributed by atoms with Crippen LogP contribution in [0.5, 0.6) is 0 Å². The van der Waals surface area contributed by atoms with Crippen molar-refractivity contribution in [1.82, 2.24) is 4.90 Å². The van der Waals surface area contributed by atoms with E-state index < -0.39 is 0 Å². The van der Waals surface area contributed by atoms with E-state index in [0.29, 0.717) is 12.0 Å². The van der Waals surface area contributed by atoms with Crippen molar-refractivity contribution in [2.24, 2.45) is 11.7 Å². The molecular weight excluding hydrogens is 256 g/mol. The summed E-state index contributed by atoms with van der Waals surface area (Å²) in [5, 5.41) is 0. The maximum Gasteiger partial charge on any atom is 0.0473 e. The van der Waals surface area contributed by atoms with E-state index in [-0.39, 0.29) is 0 Å². The van der Waals surface area contributed by atoms with E-state index in [1.54, 1.807) is 0 Å². The minimum atomic E-state index is 0.416. The van der Waals surface area contributed by atoms with Crippen LogP contribution in [-0.2, 0) is 0 Å². The molecule has 1 saturated carbocycles. The molecule has 1 aliphatic carbocycles. The van der Waals surface area contributed by atoms with Crippen LogP contribution in [0.3, 0.4) is 0 Å². The molecule has 3 atom stereocenters. The van der Waals surface area contributed by atoms with Gasteiger partial charge in [-0.15, -0.1) is 0 Å². The van der Waals surface area contributed by atoms with Gasteiger partial charge in [0.05, 0.1) is 0 Å². The molecule has 0 aromatic heterocycles. The fourth-order valence-corrected chi connectivity index (χ4v) is 4.40. The van der Waals surface area contributed by atoms with E-state index in [2.05, 4.69) is 43.0 Å². The molecule has 116 valence electrons. The number of rotatable bonds is 4.